The molecule has 0 rings (SSSR count). The Morgan fingerprint density at radius 1 is 0.290 bits per heavy atom. The summed E-state index contributed by atoms with van der Waals surface area (Å²) in [5.41, 5.74) is 0. The summed E-state index contributed by atoms with van der Waals surface area (Å²) in [6, 6.07) is 0. The Morgan fingerprint density at radius 2 is 0.495 bits per heavy atom. The van der Waals surface area contributed by atoms with Gasteiger partial charge in [-0.1, -0.05) is 336 Å². The molecule has 19 heteroatoms. The summed E-state index contributed by atoms with van der Waals surface area (Å²) < 4.78 is 68.2. The van der Waals surface area contributed by atoms with E-state index in [9.17, 15) is 43.2 Å². The maximum atomic E-state index is 13.1. The molecule has 0 radical (unpaired) electrons. The largest absolute Gasteiger partial charge is 0.472 e. The maximum Gasteiger partial charge on any atom is 0.472 e. The third-order valence-electron chi connectivity index (χ3n) is 17.3. The van der Waals surface area contributed by atoms with E-state index in [4.69, 9.17) is 37.0 Å². The average molecular weight is 1370 g/mol. The maximum absolute atomic E-state index is 13.1. The van der Waals surface area contributed by atoms with Gasteiger partial charge in [0.25, 0.3) is 0 Å². The van der Waals surface area contributed by atoms with E-state index in [1.807, 2.05) is 0 Å². The van der Waals surface area contributed by atoms with Crippen LogP contribution in [-0.2, 0) is 65.4 Å². The zero-order valence-electron chi connectivity index (χ0n) is 60.4. The van der Waals surface area contributed by atoms with Crippen molar-refractivity contribution in [3.63, 3.8) is 0 Å². The molecular formula is C74H144O17P2. The number of hydrogen-bond donors (Lipinski definition) is 3. The molecule has 17 nitrogen and oxygen atoms in total. The first-order chi connectivity index (χ1) is 45.0. The fraction of sp³-hybridized carbons (Fsp3) is 0.946. The van der Waals surface area contributed by atoms with Crippen molar-refractivity contribution in [1.29, 1.82) is 0 Å². The summed E-state index contributed by atoms with van der Waals surface area (Å²) in [7, 11) is -9.89. The highest BCUT2D eigenvalue weighted by atomic mass is 31.2. The molecule has 0 bridgehead atoms. The van der Waals surface area contributed by atoms with Gasteiger partial charge in [0.1, 0.15) is 19.3 Å². The molecule has 0 aliphatic carbocycles. The summed E-state index contributed by atoms with van der Waals surface area (Å²) >= 11 is 0. The average Bonchev–Trinajstić information content (AvgIpc) is 3.73. The molecule has 2 unspecified atom stereocenters. The van der Waals surface area contributed by atoms with Crippen LogP contribution in [0.5, 0.6) is 0 Å². The number of carbonyl (C=O) groups is 4. The van der Waals surface area contributed by atoms with E-state index in [1.54, 1.807) is 0 Å². The highest BCUT2D eigenvalue weighted by molar-refractivity contribution is 7.47. The van der Waals surface area contributed by atoms with Gasteiger partial charge in [0, 0.05) is 25.7 Å². The van der Waals surface area contributed by atoms with Crippen molar-refractivity contribution in [2.45, 2.75) is 406 Å². The topological polar surface area (TPSA) is 237 Å². The second kappa shape index (κ2) is 67.3. The van der Waals surface area contributed by atoms with E-state index in [0.717, 1.165) is 102 Å². The number of esters is 4. The molecule has 3 N–H and O–H groups in total. The number of hydrogen-bond acceptors (Lipinski definition) is 15. The van der Waals surface area contributed by atoms with Gasteiger partial charge in [-0.2, -0.15) is 0 Å². The third-order valence-corrected chi connectivity index (χ3v) is 19.2. The highest BCUT2D eigenvalue weighted by Crippen LogP contribution is 2.45. The number of aliphatic hydroxyl groups is 1. The lowest BCUT2D eigenvalue weighted by molar-refractivity contribution is -0.161. The number of ether oxygens (including phenoxy) is 4. The van der Waals surface area contributed by atoms with Crippen LogP contribution < -0.4 is 0 Å². The minimum atomic E-state index is -4.95. The molecule has 552 valence electrons. The molecule has 0 aromatic heterocycles. The SMILES string of the molecule is CCCCCCCCCCCCCCCCCCCCCCC(=O)O[C@H](COC(=O)CCCCCCCCCCCCCCCCC(C)C)COP(=O)(O)OC[C@@H](O)COP(=O)(O)OC[C@@H](COC(=O)CCCCCCC)OC(=O)CCCCCCCCCCCCC. The number of rotatable bonds is 74. The normalized spacial score (nSPS) is 14.0. The van der Waals surface area contributed by atoms with E-state index < -0.39 is 97.5 Å². The van der Waals surface area contributed by atoms with Crippen LogP contribution >= 0.6 is 15.6 Å². The highest BCUT2D eigenvalue weighted by Gasteiger charge is 2.30. The number of carbonyl (C=O) groups excluding carboxylic acids is 4. The van der Waals surface area contributed by atoms with Crippen molar-refractivity contribution in [3.05, 3.63) is 0 Å². The second-order valence-corrected chi connectivity index (χ2v) is 30.1. The summed E-state index contributed by atoms with van der Waals surface area (Å²) in [6.07, 6.45) is 56.0. The lowest BCUT2D eigenvalue weighted by Gasteiger charge is -2.21. The van der Waals surface area contributed by atoms with Gasteiger partial charge in [0.15, 0.2) is 12.2 Å². The quantitative estimate of drug-likeness (QED) is 0.0222. The van der Waals surface area contributed by atoms with Gasteiger partial charge in [0.05, 0.1) is 26.4 Å². The molecule has 0 aliphatic rings. The minimum absolute atomic E-state index is 0.106. The molecule has 5 atom stereocenters. The Labute approximate surface area is 568 Å². The van der Waals surface area contributed by atoms with Crippen LogP contribution in [0.25, 0.3) is 0 Å². The summed E-state index contributed by atoms with van der Waals surface area (Å²) in [6.45, 7) is 7.21. The van der Waals surface area contributed by atoms with Crippen molar-refractivity contribution in [2.24, 2.45) is 5.92 Å². The van der Waals surface area contributed by atoms with Crippen LogP contribution in [0.2, 0.25) is 0 Å². The van der Waals surface area contributed by atoms with Crippen LogP contribution in [0.4, 0.5) is 0 Å². The first-order valence-corrected chi connectivity index (χ1v) is 41.6. The predicted octanol–water partition coefficient (Wildman–Crippen LogP) is 21.7. The van der Waals surface area contributed by atoms with Crippen LogP contribution in [0.15, 0.2) is 0 Å². The molecule has 0 saturated carbocycles. The molecule has 0 aromatic rings. The van der Waals surface area contributed by atoms with E-state index >= 15 is 0 Å². The zero-order chi connectivity index (χ0) is 68.4. The molecule has 93 heavy (non-hydrogen) atoms. The third kappa shape index (κ3) is 68.4. The molecule has 0 aliphatic heterocycles. The molecular weight excluding hydrogens is 1220 g/mol. The van der Waals surface area contributed by atoms with Crippen molar-refractivity contribution >= 4 is 39.5 Å². The van der Waals surface area contributed by atoms with Gasteiger partial charge < -0.3 is 33.8 Å². The smallest absolute Gasteiger partial charge is 0.462 e. The number of unbranched alkanes of at least 4 members (excludes halogenated alkanes) is 46. The molecule has 0 aromatic carbocycles. The van der Waals surface area contributed by atoms with Gasteiger partial charge in [0.2, 0.25) is 0 Å². The molecule has 0 fully saturated rings. The van der Waals surface area contributed by atoms with Gasteiger partial charge in [-0.25, -0.2) is 9.13 Å². The second-order valence-electron chi connectivity index (χ2n) is 27.2. The molecule has 0 heterocycles. The molecule has 0 amide bonds. The lowest BCUT2D eigenvalue weighted by Crippen LogP contribution is -2.30. The molecule has 0 saturated heterocycles. The summed E-state index contributed by atoms with van der Waals surface area (Å²) in [5, 5.41) is 10.6. The fourth-order valence-electron chi connectivity index (χ4n) is 11.4. The summed E-state index contributed by atoms with van der Waals surface area (Å²) in [5.74, 6) is -1.33. The van der Waals surface area contributed by atoms with Crippen molar-refractivity contribution in [1.82, 2.24) is 0 Å². The first kappa shape index (κ1) is 91.1. The van der Waals surface area contributed by atoms with Crippen molar-refractivity contribution in [3.8, 4) is 0 Å². The monoisotopic (exact) mass is 1370 g/mol. The van der Waals surface area contributed by atoms with E-state index in [1.165, 1.54) is 205 Å². The van der Waals surface area contributed by atoms with Crippen molar-refractivity contribution < 1.29 is 80.2 Å². The Kier molecular flexibility index (Phi) is 65.9. The van der Waals surface area contributed by atoms with Crippen LogP contribution in [0.1, 0.15) is 388 Å². The van der Waals surface area contributed by atoms with E-state index in [2.05, 4.69) is 34.6 Å². The Bertz CT molecular complexity index is 1790. The first-order valence-electron chi connectivity index (χ1n) is 38.6. The predicted molar refractivity (Wildman–Crippen MR) is 377 cm³/mol. The van der Waals surface area contributed by atoms with Crippen molar-refractivity contribution in [2.75, 3.05) is 39.6 Å². The van der Waals surface area contributed by atoms with Gasteiger partial charge in [-0.3, -0.25) is 37.3 Å². The molecule has 0 spiro atoms. The minimum Gasteiger partial charge on any atom is -0.462 e. The van der Waals surface area contributed by atoms with Crippen LogP contribution in [-0.4, -0.2) is 96.7 Å². The van der Waals surface area contributed by atoms with Gasteiger partial charge in [-0.05, 0) is 31.6 Å². The van der Waals surface area contributed by atoms with Gasteiger partial charge in [-0.15, -0.1) is 0 Å². The standard InChI is InChI=1S/C74H144O17P2/c1-6-9-12-15-17-19-21-22-23-24-25-26-27-28-33-37-41-45-50-55-60-74(79)91-70(64-85-72(77)58-53-48-43-39-36-32-30-29-31-35-38-42-47-51-56-67(4)5)66-89-93(82,83)87-62-68(75)61-86-92(80,81)88-65-69(63-84-71(76)57-52-46-14-11-8-3)90-73(78)59-54-49-44-40-34-20-18-16-13-10-7-2/h67-70,75H,6-66H2,1-5H3,(H,80,81)(H,82,83)/t68-,69+,70+/m0/s1. The van der Waals surface area contributed by atoms with E-state index in [-0.39, 0.29) is 25.7 Å². The summed E-state index contributed by atoms with van der Waals surface area (Å²) in [4.78, 5) is 72.4. The van der Waals surface area contributed by atoms with Gasteiger partial charge >= 0.3 is 39.5 Å². The number of phosphoric ester groups is 2. The van der Waals surface area contributed by atoms with Crippen LogP contribution in [0.3, 0.4) is 0 Å². The number of aliphatic hydroxyl groups excluding tert-OH is 1. The van der Waals surface area contributed by atoms with E-state index in [0.29, 0.717) is 25.7 Å². The Balaban J connectivity index is 5.13. The number of phosphoric acid groups is 2. The van der Waals surface area contributed by atoms with Crippen LogP contribution in [0, 0.1) is 5.92 Å². The Morgan fingerprint density at radius 3 is 0.731 bits per heavy atom. The zero-order valence-corrected chi connectivity index (χ0v) is 62.2. The lowest BCUT2D eigenvalue weighted by atomic mass is 10.0. The fourth-order valence-corrected chi connectivity index (χ4v) is 12.9. The Hall–Kier alpha value is -1.94.